The van der Waals surface area contributed by atoms with Crippen molar-refractivity contribution in [1.82, 2.24) is 0 Å². The molecule has 0 aromatic carbocycles. The molecule has 0 spiro atoms. The fourth-order valence-corrected chi connectivity index (χ4v) is 0.250. The second kappa shape index (κ2) is 2.80. The molecular weight excluding hydrogens is 138 g/mol. The van der Waals surface area contributed by atoms with Gasteiger partial charge in [-0.2, -0.15) is 0 Å². The standard InChI is InChI=1S/C2H8ClO3P/c1-5-7(3,4)6-2/h4,7H,1-2H3. The third-order valence-corrected chi connectivity index (χ3v) is 2.44. The Morgan fingerprint density at radius 3 is 1.71 bits per heavy atom. The number of halogens is 1. The van der Waals surface area contributed by atoms with Crippen molar-refractivity contribution in [2.75, 3.05) is 14.2 Å². The third-order valence-electron chi connectivity index (χ3n) is 0.504. The molecule has 0 bridgehead atoms. The summed E-state index contributed by atoms with van der Waals surface area (Å²) in [5.74, 6) is 0. The summed E-state index contributed by atoms with van der Waals surface area (Å²) >= 11 is 5.16. The SMILES string of the molecule is CO[PH](O)(Cl)OC. The summed E-state index contributed by atoms with van der Waals surface area (Å²) in [5, 5.41) is 0. The van der Waals surface area contributed by atoms with Gasteiger partial charge in [0.2, 0.25) is 0 Å². The molecule has 0 unspecified atom stereocenters. The van der Waals surface area contributed by atoms with E-state index in [0.29, 0.717) is 0 Å². The van der Waals surface area contributed by atoms with Gasteiger partial charge < -0.3 is 0 Å². The molecule has 0 amide bonds. The van der Waals surface area contributed by atoms with Crippen LogP contribution in [-0.4, -0.2) is 19.1 Å². The summed E-state index contributed by atoms with van der Waals surface area (Å²) in [7, 11) is -0.590. The van der Waals surface area contributed by atoms with Crippen molar-refractivity contribution in [2.45, 2.75) is 0 Å². The zero-order chi connectivity index (χ0) is 5.91. The third kappa shape index (κ3) is 3.21. The quantitative estimate of drug-likeness (QED) is 0.589. The van der Waals surface area contributed by atoms with Gasteiger partial charge in [-0.25, -0.2) is 0 Å². The predicted molar refractivity (Wildman–Crippen MR) is 30.4 cm³/mol. The fourth-order valence-electron chi connectivity index (χ4n) is 0.0833. The predicted octanol–water partition coefficient (Wildman–Crippen LogP) is 0.920. The average Bonchev–Trinajstić information content (AvgIpc) is 1.68. The molecule has 0 heterocycles. The zero-order valence-electron chi connectivity index (χ0n) is 4.14. The van der Waals surface area contributed by atoms with E-state index in [1.165, 1.54) is 14.2 Å². The Hall–Kier alpha value is 0.600. The second-order valence-electron chi connectivity index (χ2n) is 0.913. The van der Waals surface area contributed by atoms with Crippen LogP contribution in [-0.2, 0) is 9.05 Å². The van der Waals surface area contributed by atoms with Crippen molar-refractivity contribution in [2.24, 2.45) is 0 Å². The molecule has 0 aliphatic carbocycles. The van der Waals surface area contributed by atoms with Crippen LogP contribution in [0.4, 0.5) is 0 Å². The minimum atomic E-state index is -3.18. The molecule has 5 heteroatoms. The van der Waals surface area contributed by atoms with Crippen LogP contribution in [0.15, 0.2) is 0 Å². The van der Waals surface area contributed by atoms with E-state index in [0.717, 1.165) is 0 Å². The summed E-state index contributed by atoms with van der Waals surface area (Å²) in [6.45, 7) is 0. The van der Waals surface area contributed by atoms with E-state index in [2.05, 4.69) is 9.05 Å². The van der Waals surface area contributed by atoms with Gasteiger partial charge in [-0.1, -0.05) is 0 Å². The van der Waals surface area contributed by atoms with Crippen molar-refractivity contribution in [3.05, 3.63) is 0 Å². The Kier molecular flexibility index (Phi) is 3.04. The van der Waals surface area contributed by atoms with Gasteiger partial charge in [-0.05, 0) is 0 Å². The first-order chi connectivity index (χ1) is 3.12. The molecule has 0 fully saturated rings. The minimum absolute atomic E-state index is 1.29. The van der Waals surface area contributed by atoms with E-state index in [-0.39, 0.29) is 0 Å². The van der Waals surface area contributed by atoms with Crippen LogP contribution in [0.1, 0.15) is 0 Å². The topological polar surface area (TPSA) is 38.7 Å². The van der Waals surface area contributed by atoms with E-state index in [1.54, 1.807) is 0 Å². The van der Waals surface area contributed by atoms with Crippen molar-refractivity contribution < 1.29 is 13.9 Å². The molecule has 0 atom stereocenters. The molecule has 3 nitrogen and oxygen atoms in total. The summed E-state index contributed by atoms with van der Waals surface area (Å²) in [6.07, 6.45) is 0. The molecule has 46 valence electrons. The van der Waals surface area contributed by atoms with Crippen LogP contribution in [0.3, 0.4) is 0 Å². The Bertz CT molecular complexity index is 50.9. The first kappa shape index (κ1) is 7.60. The van der Waals surface area contributed by atoms with Gasteiger partial charge in [0.1, 0.15) is 0 Å². The van der Waals surface area contributed by atoms with E-state index in [4.69, 9.17) is 16.1 Å². The molecule has 0 aromatic rings. The van der Waals surface area contributed by atoms with E-state index in [9.17, 15) is 0 Å². The van der Waals surface area contributed by atoms with Crippen molar-refractivity contribution >= 4 is 18.5 Å². The van der Waals surface area contributed by atoms with Crippen LogP contribution in [0.2, 0.25) is 0 Å². The summed E-state index contributed by atoms with van der Waals surface area (Å²) < 4.78 is 8.65. The fraction of sp³-hybridized carbons (Fsp3) is 1.00. The van der Waals surface area contributed by atoms with Gasteiger partial charge in [-0.3, -0.25) is 0 Å². The van der Waals surface area contributed by atoms with Crippen molar-refractivity contribution in [3.8, 4) is 0 Å². The number of rotatable bonds is 2. The molecule has 0 rings (SSSR count). The van der Waals surface area contributed by atoms with Crippen LogP contribution in [0.25, 0.3) is 0 Å². The molecule has 0 saturated carbocycles. The summed E-state index contributed by atoms with van der Waals surface area (Å²) in [6, 6.07) is 0. The van der Waals surface area contributed by atoms with Gasteiger partial charge in [-0.15, -0.1) is 0 Å². The van der Waals surface area contributed by atoms with Crippen LogP contribution < -0.4 is 0 Å². The molecule has 0 aromatic heterocycles. The maximum atomic E-state index is 8.59. The van der Waals surface area contributed by atoms with Gasteiger partial charge in [0.05, 0.1) is 0 Å². The zero-order valence-corrected chi connectivity index (χ0v) is 5.90. The first-order valence-corrected chi connectivity index (χ1v) is 4.41. The summed E-state index contributed by atoms with van der Waals surface area (Å²) in [5.41, 5.74) is 0. The number of hydrogen-bond donors (Lipinski definition) is 1. The normalized spacial score (nSPS) is 14.3. The Labute approximate surface area is 47.6 Å². The van der Waals surface area contributed by atoms with E-state index < -0.39 is 7.30 Å². The Balaban J connectivity index is 3.36. The van der Waals surface area contributed by atoms with Gasteiger partial charge >= 0.3 is 46.7 Å². The van der Waals surface area contributed by atoms with E-state index >= 15 is 0 Å². The van der Waals surface area contributed by atoms with Crippen LogP contribution in [0.5, 0.6) is 0 Å². The Morgan fingerprint density at radius 2 is 1.71 bits per heavy atom. The monoisotopic (exact) mass is 146 g/mol. The summed E-state index contributed by atoms with van der Waals surface area (Å²) in [4.78, 5) is 8.59. The van der Waals surface area contributed by atoms with Crippen molar-refractivity contribution in [3.63, 3.8) is 0 Å². The number of hydrogen-bond acceptors (Lipinski definition) is 3. The molecule has 7 heavy (non-hydrogen) atoms. The van der Waals surface area contributed by atoms with Crippen molar-refractivity contribution in [1.29, 1.82) is 0 Å². The van der Waals surface area contributed by atoms with Gasteiger partial charge in [0.15, 0.2) is 0 Å². The average molecular weight is 147 g/mol. The van der Waals surface area contributed by atoms with Gasteiger partial charge in [0.25, 0.3) is 0 Å². The van der Waals surface area contributed by atoms with Crippen LogP contribution in [0, 0.1) is 0 Å². The molecular formula is C2H8ClO3P. The molecule has 1 N–H and O–H groups in total. The molecule has 0 aliphatic heterocycles. The molecule has 0 aliphatic rings. The maximum absolute atomic E-state index is 8.59. The van der Waals surface area contributed by atoms with E-state index in [1.807, 2.05) is 0 Å². The molecule has 0 saturated heterocycles. The van der Waals surface area contributed by atoms with Crippen LogP contribution >= 0.6 is 18.5 Å². The first-order valence-electron chi connectivity index (χ1n) is 1.64. The van der Waals surface area contributed by atoms with Gasteiger partial charge in [0, 0.05) is 0 Å². The molecule has 0 radical (unpaired) electrons. The second-order valence-corrected chi connectivity index (χ2v) is 4.17. The Morgan fingerprint density at radius 1 is 1.43 bits per heavy atom.